The van der Waals surface area contributed by atoms with Crippen LogP contribution in [0.1, 0.15) is 11.1 Å². The van der Waals surface area contributed by atoms with Crippen molar-refractivity contribution in [2.24, 2.45) is 0 Å². The molecule has 6 heteroatoms. The monoisotopic (exact) mass is 385 g/mol. The molecular formula is C23H19N3O3. The third-order valence-corrected chi connectivity index (χ3v) is 4.36. The van der Waals surface area contributed by atoms with Crippen LogP contribution < -0.4 is 10.1 Å². The van der Waals surface area contributed by atoms with Crippen LogP contribution in [0.25, 0.3) is 11.5 Å². The van der Waals surface area contributed by atoms with Gasteiger partial charge in [-0.05, 0) is 47.9 Å². The van der Waals surface area contributed by atoms with E-state index in [-0.39, 0.29) is 12.5 Å². The first-order chi connectivity index (χ1) is 14.3. The van der Waals surface area contributed by atoms with Gasteiger partial charge in [-0.25, -0.2) is 0 Å². The summed E-state index contributed by atoms with van der Waals surface area (Å²) >= 11 is 0. The molecule has 4 rings (SSSR count). The third kappa shape index (κ3) is 4.87. The molecule has 0 atom stereocenters. The van der Waals surface area contributed by atoms with Crippen LogP contribution in [0, 0.1) is 0 Å². The highest BCUT2D eigenvalue weighted by Gasteiger charge is 2.09. The lowest BCUT2D eigenvalue weighted by molar-refractivity contribution is -0.118. The molecule has 0 radical (unpaired) electrons. The van der Waals surface area contributed by atoms with Crippen molar-refractivity contribution in [2.45, 2.75) is 6.42 Å². The average Bonchev–Trinajstić information content (AvgIpc) is 3.30. The van der Waals surface area contributed by atoms with Gasteiger partial charge in [-0.3, -0.25) is 4.79 Å². The van der Waals surface area contributed by atoms with E-state index in [4.69, 9.17) is 9.15 Å². The Morgan fingerprint density at radius 3 is 2.45 bits per heavy atom. The van der Waals surface area contributed by atoms with E-state index in [1.807, 2.05) is 42.5 Å². The average molecular weight is 385 g/mol. The number of ether oxygens (including phenoxy) is 1. The van der Waals surface area contributed by atoms with Crippen molar-refractivity contribution in [3.63, 3.8) is 0 Å². The van der Waals surface area contributed by atoms with E-state index in [1.54, 1.807) is 24.3 Å². The first-order valence-electron chi connectivity index (χ1n) is 9.19. The molecule has 1 aromatic heterocycles. The molecule has 0 bridgehead atoms. The SMILES string of the molecule is O=C(COc1ccc(-c2nnco2)cc1)Nc1ccccc1Cc1ccccc1. The summed E-state index contributed by atoms with van der Waals surface area (Å²) in [5.41, 5.74) is 3.81. The molecule has 0 aliphatic carbocycles. The lowest BCUT2D eigenvalue weighted by Gasteiger charge is -2.12. The van der Waals surface area contributed by atoms with E-state index in [0.29, 0.717) is 11.6 Å². The number of amides is 1. The summed E-state index contributed by atoms with van der Waals surface area (Å²) in [5, 5.41) is 10.4. The molecule has 0 aliphatic heterocycles. The Balaban J connectivity index is 1.35. The summed E-state index contributed by atoms with van der Waals surface area (Å²) in [5.74, 6) is 0.803. The van der Waals surface area contributed by atoms with Crippen LogP contribution >= 0.6 is 0 Å². The molecule has 1 amide bonds. The Kier molecular flexibility index (Phi) is 5.62. The van der Waals surface area contributed by atoms with Crippen molar-refractivity contribution >= 4 is 11.6 Å². The minimum Gasteiger partial charge on any atom is -0.484 e. The zero-order valence-corrected chi connectivity index (χ0v) is 15.6. The topological polar surface area (TPSA) is 77.2 Å². The van der Waals surface area contributed by atoms with E-state index in [9.17, 15) is 4.79 Å². The highest BCUT2D eigenvalue weighted by molar-refractivity contribution is 5.92. The number of carbonyl (C=O) groups is 1. The molecule has 29 heavy (non-hydrogen) atoms. The van der Waals surface area contributed by atoms with Crippen LogP contribution in [0.15, 0.2) is 89.7 Å². The van der Waals surface area contributed by atoms with Crippen LogP contribution in [-0.2, 0) is 11.2 Å². The van der Waals surface area contributed by atoms with E-state index >= 15 is 0 Å². The summed E-state index contributed by atoms with van der Waals surface area (Å²) in [4.78, 5) is 12.4. The third-order valence-electron chi connectivity index (χ3n) is 4.36. The number of hydrogen-bond acceptors (Lipinski definition) is 5. The smallest absolute Gasteiger partial charge is 0.262 e. The Hall–Kier alpha value is -3.93. The maximum absolute atomic E-state index is 12.4. The second-order valence-corrected chi connectivity index (χ2v) is 6.42. The predicted octanol–water partition coefficient (Wildman–Crippen LogP) is 4.34. The predicted molar refractivity (Wildman–Crippen MR) is 110 cm³/mol. The molecule has 0 saturated carbocycles. The van der Waals surface area contributed by atoms with Crippen LogP contribution in [-0.4, -0.2) is 22.7 Å². The molecule has 0 spiro atoms. The molecule has 3 aromatic carbocycles. The van der Waals surface area contributed by atoms with Crippen LogP contribution in [0.2, 0.25) is 0 Å². The lowest BCUT2D eigenvalue weighted by Crippen LogP contribution is -2.21. The molecule has 6 nitrogen and oxygen atoms in total. The minimum absolute atomic E-state index is 0.0838. The molecular weight excluding hydrogens is 366 g/mol. The van der Waals surface area contributed by atoms with Gasteiger partial charge in [-0.15, -0.1) is 10.2 Å². The molecule has 144 valence electrons. The van der Waals surface area contributed by atoms with Crippen molar-refractivity contribution < 1.29 is 13.9 Å². The van der Waals surface area contributed by atoms with Crippen molar-refractivity contribution in [2.75, 3.05) is 11.9 Å². The first kappa shape index (κ1) is 18.4. The van der Waals surface area contributed by atoms with Gasteiger partial charge in [0, 0.05) is 11.3 Å². The molecule has 0 aliphatic rings. The van der Waals surface area contributed by atoms with Gasteiger partial charge in [-0.2, -0.15) is 0 Å². The number of anilines is 1. The van der Waals surface area contributed by atoms with Crippen LogP contribution in [0.3, 0.4) is 0 Å². The van der Waals surface area contributed by atoms with E-state index in [0.717, 1.165) is 23.2 Å². The Labute approximate surface area is 168 Å². The van der Waals surface area contributed by atoms with Gasteiger partial charge in [0.2, 0.25) is 12.3 Å². The first-order valence-corrected chi connectivity index (χ1v) is 9.19. The zero-order chi connectivity index (χ0) is 19.9. The fraction of sp³-hybridized carbons (Fsp3) is 0.0870. The Bertz CT molecular complexity index is 1060. The van der Waals surface area contributed by atoms with Gasteiger partial charge >= 0.3 is 0 Å². The number of rotatable bonds is 7. The van der Waals surface area contributed by atoms with Gasteiger partial charge in [0.05, 0.1) is 0 Å². The normalized spacial score (nSPS) is 10.5. The van der Waals surface area contributed by atoms with E-state index in [2.05, 4.69) is 27.6 Å². The molecule has 0 fully saturated rings. The van der Waals surface area contributed by atoms with E-state index in [1.165, 1.54) is 12.0 Å². The second-order valence-electron chi connectivity index (χ2n) is 6.42. The summed E-state index contributed by atoms with van der Waals surface area (Å²) in [6.45, 7) is -0.0838. The van der Waals surface area contributed by atoms with Gasteiger partial charge in [-0.1, -0.05) is 48.5 Å². The maximum atomic E-state index is 12.4. The number of nitrogens with one attached hydrogen (secondary N) is 1. The molecule has 1 N–H and O–H groups in total. The number of nitrogens with zero attached hydrogens (tertiary/aromatic N) is 2. The fourth-order valence-corrected chi connectivity index (χ4v) is 2.94. The molecule has 4 aromatic rings. The number of hydrogen-bond donors (Lipinski definition) is 1. The number of benzene rings is 3. The quantitative estimate of drug-likeness (QED) is 0.512. The van der Waals surface area contributed by atoms with Crippen molar-refractivity contribution in [3.05, 3.63) is 96.4 Å². The summed E-state index contributed by atoms with van der Waals surface area (Å²) in [6.07, 6.45) is 2.02. The molecule has 0 saturated heterocycles. The largest absolute Gasteiger partial charge is 0.484 e. The zero-order valence-electron chi connectivity index (χ0n) is 15.6. The second kappa shape index (κ2) is 8.84. The van der Waals surface area contributed by atoms with Crippen LogP contribution in [0.5, 0.6) is 5.75 Å². The van der Waals surface area contributed by atoms with Gasteiger partial charge in [0.25, 0.3) is 5.91 Å². The number of para-hydroxylation sites is 1. The summed E-state index contributed by atoms with van der Waals surface area (Å²) in [7, 11) is 0. The minimum atomic E-state index is -0.216. The van der Waals surface area contributed by atoms with Gasteiger partial charge in [0.15, 0.2) is 6.61 Å². The lowest BCUT2D eigenvalue weighted by atomic mass is 10.0. The van der Waals surface area contributed by atoms with Gasteiger partial charge in [0.1, 0.15) is 5.75 Å². The van der Waals surface area contributed by atoms with Crippen molar-refractivity contribution in [3.8, 4) is 17.2 Å². The summed E-state index contributed by atoms with van der Waals surface area (Å²) in [6, 6.07) is 25.1. The maximum Gasteiger partial charge on any atom is 0.262 e. The highest BCUT2D eigenvalue weighted by Crippen LogP contribution is 2.21. The van der Waals surface area contributed by atoms with Crippen molar-refractivity contribution in [1.82, 2.24) is 10.2 Å². The summed E-state index contributed by atoms with van der Waals surface area (Å²) < 4.78 is 10.7. The standard InChI is InChI=1S/C23H19N3O3/c27-22(15-28-20-12-10-18(11-13-20)23-26-24-16-29-23)25-21-9-5-4-8-19(21)14-17-6-2-1-3-7-17/h1-13,16H,14-15H2,(H,25,27). The fourth-order valence-electron chi connectivity index (χ4n) is 2.94. The van der Waals surface area contributed by atoms with Crippen LogP contribution in [0.4, 0.5) is 5.69 Å². The molecule has 0 unspecified atom stereocenters. The van der Waals surface area contributed by atoms with E-state index < -0.39 is 0 Å². The van der Waals surface area contributed by atoms with Crippen molar-refractivity contribution in [1.29, 1.82) is 0 Å². The van der Waals surface area contributed by atoms with Gasteiger partial charge < -0.3 is 14.5 Å². The highest BCUT2D eigenvalue weighted by atomic mass is 16.5. The molecule has 1 heterocycles. The Morgan fingerprint density at radius 2 is 1.69 bits per heavy atom. The number of aromatic nitrogens is 2. The Morgan fingerprint density at radius 1 is 0.931 bits per heavy atom. The number of carbonyl (C=O) groups excluding carboxylic acids is 1.